The first-order valence-corrected chi connectivity index (χ1v) is 7.53. The number of amides is 1. The average Bonchev–Trinajstić information content (AvgIpc) is 2.70. The number of carbonyl (C=O) groups is 1. The molecule has 1 aromatic carbocycles. The van der Waals surface area contributed by atoms with Crippen LogP contribution < -0.4 is 0 Å². The molecular weight excluding hydrogens is 264 g/mol. The Bertz CT molecular complexity index is 669. The van der Waals surface area contributed by atoms with Crippen molar-refractivity contribution >= 4 is 16.8 Å². The van der Waals surface area contributed by atoms with Crippen LogP contribution in [0.3, 0.4) is 0 Å². The van der Waals surface area contributed by atoms with Crippen LogP contribution in [0.15, 0.2) is 24.3 Å². The molecule has 1 fully saturated rings. The van der Waals surface area contributed by atoms with Crippen LogP contribution in [0.1, 0.15) is 18.2 Å². The number of fused-ring (bicyclic) bond motifs is 1. The Kier molecular flexibility index (Phi) is 3.72. The van der Waals surface area contributed by atoms with Crippen LogP contribution in [0.25, 0.3) is 10.9 Å². The number of nitrogens with zero attached hydrogens (tertiary/aromatic N) is 2. The van der Waals surface area contributed by atoms with E-state index in [2.05, 4.69) is 36.6 Å². The normalized spacial score (nSPS) is 15.5. The minimum Gasteiger partial charge on any atom is -0.378 e. The van der Waals surface area contributed by atoms with Gasteiger partial charge in [-0.3, -0.25) is 4.79 Å². The minimum absolute atomic E-state index is 0.199. The molecule has 1 aliphatic rings. The van der Waals surface area contributed by atoms with Crippen molar-refractivity contribution in [2.45, 2.75) is 32.9 Å². The van der Waals surface area contributed by atoms with Gasteiger partial charge in [0.1, 0.15) is 0 Å². The molecule has 0 N–H and O–H groups in total. The van der Waals surface area contributed by atoms with Gasteiger partial charge in [-0.05, 0) is 25.5 Å². The smallest absolute Gasteiger partial charge is 0.227 e. The molecule has 0 radical (unpaired) electrons. The van der Waals surface area contributed by atoms with Crippen molar-refractivity contribution in [3.8, 4) is 0 Å². The monoisotopic (exact) mass is 286 g/mol. The molecule has 0 atom stereocenters. The topological polar surface area (TPSA) is 34.5 Å². The molecule has 0 aliphatic carbocycles. The number of likely N-dealkylation sites (tertiary alicyclic amines) is 1. The van der Waals surface area contributed by atoms with Crippen molar-refractivity contribution in [3.05, 3.63) is 35.5 Å². The van der Waals surface area contributed by atoms with Crippen molar-refractivity contribution in [1.29, 1.82) is 0 Å². The molecule has 0 unspecified atom stereocenters. The molecule has 2 aromatic rings. The molecule has 1 saturated heterocycles. The van der Waals surface area contributed by atoms with Gasteiger partial charge in [-0.1, -0.05) is 18.2 Å². The van der Waals surface area contributed by atoms with E-state index in [4.69, 9.17) is 4.74 Å². The van der Waals surface area contributed by atoms with Gasteiger partial charge in [0.2, 0.25) is 5.91 Å². The van der Waals surface area contributed by atoms with E-state index < -0.39 is 0 Å². The number of ether oxygens (including phenoxy) is 1. The second-order valence-corrected chi connectivity index (χ2v) is 5.66. The average molecular weight is 286 g/mol. The lowest BCUT2D eigenvalue weighted by Crippen LogP contribution is -2.54. The standard InChI is InChI=1S/C17H22N2O2/c1-4-19-12(2)15(14-7-5-6-8-16(14)19)9-17(20)18-10-13(11-18)21-3/h5-8,13H,4,9-11H2,1-3H3. The van der Waals surface area contributed by atoms with Crippen LogP contribution >= 0.6 is 0 Å². The Morgan fingerprint density at radius 3 is 2.71 bits per heavy atom. The second-order valence-electron chi connectivity index (χ2n) is 5.66. The number of methoxy groups -OCH3 is 1. The number of rotatable bonds is 4. The Labute approximate surface area is 125 Å². The summed E-state index contributed by atoms with van der Waals surface area (Å²) in [6, 6.07) is 8.34. The Morgan fingerprint density at radius 2 is 2.05 bits per heavy atom. The fourth-order valence-corrected chi connectivity index (χ4v) is 3.19. The van der Waals surface area contributed by atoms with Crippen LogP contribution in [-0.2, 0) is 22.5 Å². The summed E-state index contributed by atoms with van der Waals surface area (Å²) in [4.78, 5) is 14.3. The first-order valence-electron chi connectivity index (χ1n) is 7.53. The Morgan fingerprint density at radius 1 is 1.33 bits per heavy atom. The fraction of sp³-hybridized carbons (Fsp3) is 0.471. The van der Waals surface area contributed by atoms with E-state index in [-0.39, 0.29) is 12.0 Å². The van der Waals surface area contributed by atoms with Gasteiger partial charge in [-0.25, -0.2) is 0 Å². The second kappa shape index (κ2) is 5.53. The Balaban J connectivity index is 1.87. The van der Waals surface area contributed by atoms with Gasteiger partial charge in [-0.2, -0.15) is 0 Å². The zero-order valence-electron chi connectivity index (χ0n) is 12.9. The first-order chi connectivity index (χ1) is 10.2. The molecule has 2 heterocycles. The molecule has 21 heavy (non-hydrogen) atoms. The van der Waals surface area contributed by atoms with Gasteiger partial charge < -0.3 is 14.2 Å². The van der Waals surface area contributed by atoms with Crippen LogP contribution in [-0.4, -0.2) is 41.7 Å². The lowest BCUT2D eigenvalue weighted by Gasteiger charge is -2.38. The largest absolute Gasteiger partial charge is 0.378 e. The van der Waals surface area contributed by atoms with E-state index in [0.29, 0.717) is 6.42 Å². The maximum atomic E-state index is 12.4. The summed E-state index contributed by atoms with van der Waals surface area (Å²) in [7, 11) is 1.70. The summed E-state index contributed by atoms with van der Waals surface area (Å²) in [5, 5.41) is 1.20. The quantitative estimate of drug-likeness (QED) is 0.865. The number of para-hydroxylation sites is 1. The number of aryl methyl sites for hydroxylation is 1. The summed E-state index contributed by atoms with van der Waals surface area (Å²) in [5.41, 5.74) is 3.59. The maximum absolute atomic E-state index is 12.4. The number of hydrogen-bond acceptors (Lipinski definition) is 2. The van der Waals surface area contributed by atoms with Gasteiger partial charge in [0, 0.05) is 43.3 Å². The molecule has 1 aromatic heterocycles. The predicted molar refractivity (Wildman–Crippen MR) is 83.4 cm³/mol. The number of aromatic nitrogens is 1. The highest BCUT2D eigenvalue weighted by atomic mass is 16.5. The van der Waals surface area contributed by atoms with Crippen LogP contribution in [0.5, 0.6) is 0 Å². The molecule has 4 heteroatoms. The molecular formula is C17H22N2O2. The summed E-state index contributed by atoms with van der Waals surface area (Å²) in [6.45, 7) is 6.63. The number of hydrogen-bond donors (Lipinski definition) is 0. The molecule has 1 amide bonds. The van der Waals surface area contributed by atoms with Gasteiger partial charge in [0.15, 0.2) is 0 Å². The molecule has 0 spiro atoms. The lowest BCUT2D eigenvalue weighted by atomic mass is 10.0. The Hall–Kier alpha value is -1.81. The summed E-state index contributed by atoms with van der Waals surface area (Å²) in [6.07, 6.45) is 0.697. The lowest BCUT2D eigenvalue weighted by molar-refractivity contribution is -0.142. The van der Waals surface area contributed by atoms with Crippen molar-refractivity contribution in [2.24, 2.45) is 0 Å². The van der Waals surface area contributed by atoms with E-state index in [1.165, 1.54) is 22.2 Å². The number of benzene rings is 1. The van der Waals surface area contributed by atoms with Crippen molar-refractivity contribution in [2.75, 3.05) is 20.2 Å². The molecule has 3 rings (SSSR count). The summed E-state index contributed by atoms with van der Waals surface area (Å²) >= 11 is 0. The third-order valence-corrected chi connectivity index (χ3v) is 4.54. The van der Waals surface area contributed by atoms with Gasteiger partial charge in [-0.15, -0.1) is 0 Å². The maximum Gasteiger partial charge on any atom is 0.227 e. The molecule has 112 valence electrons. The highest BCUT2D eigenvalue weighted by molar-refractivity contribution is 5.91. The van der Waals surface area contributed by atoms with Crippen LogP contribution in [0.4, 0.5) is 0 Å². The molecule has 0 bridgehead atoms. The third-order valence-electron chi connectivity index (χ3n) is 4.54. The van der Waals surface area contributed by atoms with Gasteiger partial charge in [0.25, 0.3) is 0 Å². The fourth-order valence-electron chi connectivity index (χ4n) is 3.19. The van der Waals surface area contributed by atoms with Crippen molar-refractivity contribution in [1.82, 2.24) is 9.47 Å². The number of carbonyl (C=O) groups excluding carboxylic acids is 1. The molecule has 0 saturated carbocycles. The molecule has 1 aliphatic heterocycles. The van der Waals surface area contributed by atoms with Crippen molar-refractivity contribution < 1.29 is 9.53 Å². The zero-order chi connectivity index (χ0) is 15.0. The zero-order valence-corrected chi connectivity index (χ0v) is 12.9. The predicted octanol–water partition coefficient (Wildman–Crippen LogP) is 2.37. The van der Waals surface area contributed by atoms with Gasteiger partial charge in [0.05, 0.1) is 12.5 Å². The highest BCUT2D eigenvalue weighted by Gasteiger charge is 2.31. The first kappa shape index (κ1) is 14.1. The highest BCUT2D eigenvalue weighted by Crippen LogP contribution is 2.27. The summed E-state index contributed by atoms with van der Waals surface area (Å²) < 4.78 is 7.52. The van der Waals surface area contributed by atoms with Crippen LogP contribution in [0.2, 0.25) is 0 Å². The van der Waals surface area contributed by atoms with E-state index in [0.717, 1.165) is 19.6 Å². The van der Waals surface area contributed by atoms with E-state index in [1.807, 2.05) is 11.0 Å². The van der Waals surface area contributed by atoms with E-state index in [1.54, 1.807) is 7.11 Å². The third kappa shape index (κ3) is 2.33. The SMILES string of the molecule is CCn1c(C)c(CC(=O)N2CC(OC)C2)c2ccccc21. The van der Waals surface area contributed by atoms with Crippen molar-refractivity contribution in [3.63, 3.8) is 0 Å². The van der Waals surface area contributed by atoms with Gasteiger partial charge >= 0.3 is 0 Å². The van der Waals surface area contributed by atoms with Crippen LogP contribution in [0, 0.1) is 6.92 Å². The van der Waals surface area contributed by atoms with E-state index in [9.17, 15) is 4.79 Å². The molecule has 4 nitrogen and oxygen atoms in total. The van der Waals surface area contributed by atoms with E-state index >= 15 is 0 Å². The minimum atomic E-state index is 0.199. The summed E-state index contributed by atoms with van der Waals surface area (Å²) in [5.74, 6) is 0.199.